The molecule has 1 saturated heterocycles. The lowest BCUT2D eigenvalue weighted by molar-refractivity contribution is -0.117. The van der Waals surface area contributed by atoms with E-state index >= 15 is 0 Å². The van der Waals surface area contributed by atoms with Crippen molar-refractivity contribution >= 4 is 11.6 Å². The van der Waals surface area contributed by atoms with Crippen molar-refractivity contribution in [3.8, 4) is 0 Å². The molecular weight excluding hydrogens is 311 g/mol. The van der Waals surface area contributed by atoms with Crippen LogP contribution in [-0.4, -0.2) is 35.0 Å². The van der Waals surface area contributed by atoms with Gasteiger partial charge >= 0.3 is 0 Å². The number of nitrogens with one attached hydrogen (secondary N) is 1. The van der Waals surface area contributed by atoms with Gasteiger partial charge in [-0.3, -0.25) is 9.69 Å². The van der Waals surface area contributed by atoms with Gasteiger partial charge < -0.3 is 14.8 Å². The van der Waals surface area contributed by atoms with Crippen LogP contribution in [0.25, 0.3) is 0 Å². The number of carbonyl (C=O) groups excluding carboxylic acids is 1. The molecule has 5 nitrogen and oxygen atoms in total. The number of anilines is 1. The zero-order chi connectivity index (χ0) is 16.9. The quantitative estimate of drug-likeness (QED) is 0.853. The second-order valence-corrected chi connectivity index (χ2v) is 6.06. The Morgan fingerprint density at radius 1 is 1.38 bits per heavy atom. The van der Waals surface area contributed by atoms with Gasteiger partial charge in [-0.1, -0.05) is 12.1 Å². The number of hydrogen-bond acceptors (Lipinski definition) is 4. The van der Waals surface area contributed by atoms with E-state index in [1.165, 1.54) is 18.4 Å². The molecule has 128 valence electrons. The van der Waals surface area contributed by atoms with Crippen LogP contribution in [0.2, 0.25) is 0 Å². The first-order chi connectivity index (χ1) is 11.6. The lowest BCUT2D eigenvalue weighted by atomic mass is 10.1. The predicted molar refractivity (Wildman–Crippen MR) is 87.9 cm³/mol. The summed E-state index contributed by atoms with van der Waals surface area (Å²) in [5.41, 5.74) is 0.189. The summed E-state index contributed by atoms with van der Waals surface area (Å²) in [5.74, 6) is -0.158. The number of amides is 1. The van der Waals surface area contributed by atoms with Gasteiger partial charge in [-0.2, -0.15) is 0 Å². The van der Waals surface area contributed by atoms with Gasteiger partial charge in [-0.25, -0.2) is 4.39 Å². The molecular formula is C18H21FN2O3. The van der Waals surface area contributed by atoms with Crippen LogP contribution in [0.3, 0.4) is 0 Å². The molecule has 1 amide bonds. The molecule has 0 saturated carbocycles. The highest BCUT2D eigenvalue weighted by molar-refractivity contribution is 5.92. The van der Waals surface area contributed by atoms with E-state index in [1.807, 2.05) is 4.90 Å². The Hall–Kier alpha value is -2.18. The molecule has 1 aliphatic heterocycles. The number of hydrogen-bond donors (Lipinski definition) is 2. The van der Waals surface area contributed by atoms with Gasteiger partial charge in [-0.15, -0.1) is 0 Å². The highest BCUT2D eigenvalue weighted by Gasteiger charge is 2.29. The van der Waals surface area contributed by atoms with E-state index in [9.17, 15) is 14.3 Å². The lowest BCUT2D eigenvalue weighted by Crippen LogP contribution is -2.37. The first-order valence-electron chi connectivity index (χ1n) is 8.13. The van der Waals surface area contributed by atoms with Crippen molar-refractivity contribution in [1.82, 2.24) is 4.90 Å². The molecule has 0 aliphatic carbocycles. The molecule has 3 rings (SSSR count). The average molecular weight is 332 g/mol. The molecule has 1 aliphatic rings. The predicted octanol–water partition coefficient (Wildman–Crippen LogP) is 2.95. The molecule has 2 N–H and O–H groups in total. The van der Waals surface area contributed by atoms with E-state index in [2.05, 4.69) is 5.32 Å². The maximum atomic E-state index is 13.6. The van der Waals surface area contributed by atoms with Crippen molar-refractivity contribution in [2.75, 3.05) is 18.4 Å². The summed E-state index contributed by atoms with van der Waals surface area (Å²) in [6.07, 6.45) is 3.26. The molecule has 2 heterocycles. The smallest absolute Gasteiger partial charge is 0.238 e. The first-order valence-corrected chi connectivity index (χ1v) is 8.13. The van der Waals surface area contributed by atoms with Crippen molar-refractivity contribution in [1.29, 1.82) is 0 Å². The minimum atomic E-state index is -0.680. The topological polar surface area (TPSA) is 65.7 Å². The van der Waals surface area contributed by atoms with Crippen LogP contribution in [0.5, 0.6) is 0 Å². The Balaban J connectivity index is 1.55. The van der Waals surface area contributed by atoms with Crippen LogP contribution in [0.4, 0.5) is 10.1 Å². The molecule has 2 atom stereocenters. The molecule has 2 aromatic rings. The van der Waals surface area contributed by atoms with Gasteiger partial charge in [0, 0.05) is 6.04 Å². The van der Waals surface area contributed by atoms with E-state index in [0.717, 1.165) is 19.4 Å². The number of rotatable bonds is 6. The van der Waals surface area contributed by atoms with E-state index < -0.39 is 11.9 Å². The van der Waals surface area contributed by atoms with E-state index in [0.29, 0.717) is 12.2 Å². The summed E-state index contributed by atoms with van der Waals surface area (Å²) in [6, 6.07) is 9.70. The van der Waals surface area contributed by atoms with Gasteiger partial charge in [0.2, 0.25) is 5.91 Å². The number of furan rings is 1. The number of halogens is 1. The lowest BCUT2D eigenvalue weighted by Gasteiger charge is -2.25. The third kappa shape index (κ3) is 4.01. The van der Waals surface area contributed by atoms with E-state index in [1.54, 1.807) is 24.3 Å². The second-order valence-electron chi connectivity index (χ2n) is 6.06. The Kier molecular flexibility index (Phi) is 5.27. The number of benzene rings is 1. The zero-order valence-corrected chi connectivity index (χ0v) is 13.3. The van der Waals surface area contributed by atoms with Gasteiger partial charge in [0.05, 0.1) is 18.5 Å². The highest BCUT2D eigenvalue weighted by atomic mass is 19.1. The normalized spacial score (nSPS) is 19.3. The Morgan fingerprint density at radius 3 is 2.96 bits per heavy atom. The number of likely N-dealkylation sites (tertiary alicyclic amines) is 1. The summed E-state index contributed by atoms with van der Waals surface area (Å²) in [5, 5.41) is 12.8. The van der Waals surface area contributed by atoms with Crippen LogP contribution in [0, 0.1) is 5.82 Å². The highest BCUT2D eigenvalue weighted by Crippen LogP contribution is 2.27. The van der Waals surface area contributed by atoms with E-state index in [4.69, 9.17) is 4.42 Å². The Morgan fingerprint density at radius 2 is 2.21 bits per heavy atom. The Labute approximate surface area is 140 Å². The summed E-state index contributed by atoms with van der Waals surface area (Å²) in [6.45, 7) is 0.976. The molecule has 6 heteroatoms. The minimum absolute atomic E-state index is 0.108. The van der Waals surface area contributed by atoms with Gasteiger partial charge in [-0.05, 0) is 50.1 Å². The summed E-state index contributed by atoms with van der Waals surface area (Å²) in [4.78, 5) is 14.2. The van der Waals surface area contributed by atoms with Crippen molar-refractivity contribution in [3.05, 3.63) is 54.2 Å². The number of para-hydroxylation sites is 1. The average Bonchev–Trinajstić information content (AvgIpc) is 3.22. The van der Waals surface area contributed by atoms with Gasteiger partial charge in [0.1, 0.15) is 17.7 Å². The third-order valence-corrected chi connectivity index (χ3v) is 4.36. The van der Waals surface area contributed by atoms with Crippen molar-refractivity contribution in [2.24, 2.45) is 0 Å². The summed E-state index contributed by atoms with van der Waals surface area (Å²) >= 11 is 0. The second kappa shape index (κ2) is 7.59. The summed E-state index contributed by atoms with van der Waals surface area (Å²) in [7, 11) is 0. The number of carbonyl (C=O) groups is 1. The van der Waals surface area contributed by atoms with Gasteiger partial charge in [0.25, 0.3) is 0 Å². The number of aliphatic hydroxyl groups is 1. The van der Waals surface area contributed by atoms with Crippen LogP contribution in [-0.2, 0) is 4.79 Å². The van der Waals surface area contributed by atoms with Crippen LogP contribution in [0.1, 0.15) is 31.1 Å². The van der Waals surface area contributed by atoms with Crippen LogP contribution >= 0.6 is 0 Å². The largest absolute Gasteiger partial charge is 0.467 e. The molecule has 24 heavy (non-hydrogen) atoms. The molecule has 2 unspecified atom stereocenters. The van der Waals surface area contributed by atoms with Crippen LogP contribution < -0.4 is 5.32 Å². The van der Waals surface area contributed by atoms with E-state index in [-0.39, 0.29) is 24.2 Å². The zero-order valence-electron chi connectivity index (χ0n) is 13.3. The van der Waals surface area contributed by atoms with Crippen molar-refractivity contribution in [3.63, 3.8) is 0 Å². The van der Waals surface area contributed by atoms with Gasteiger partial charge in [0.15, 0.2) is 0 Å². The molecule has 1 fully saturated rings. The number of nitrogens with zero attached hydrogens (tertiary/aromatic N) is 1. The SMILES string of the molecule is O=C(CN1CCCC1CC(O)c1ccco1)Nc1ccccc1F. The number of aliphatic hydroxyl groups excluding tert-OH is 1. The molecule has 0 spiro atoms. The molecule has 1 aromatic carbocycles. The van der Waals surface area contributed by atoms with Crippen molar-refractivity contribution < 1.29 is 18.7 Å². The monoisotopic (exact) mass is 332 g/mol. The molecule has 1 aromatic heterocycles. The van der Waals surface area contributed by atoms with Crippen molar-refractivity contribution in [2.45, 2.75) is 31.4 Å². The maximum Gasteiger partial charge on any atom is 0.238 e. The minimum Gasteiger partial charge on any atom is -0.467 e. The Bertz CT molecular complexity index is 675. The third-order valence-electron chi connectivity index (χ3n) is 4.36. The fourth-order valence-electron chi connectivity index (χ4n) is 3.16. The maximum absolute atomic E-state index is 13.6. The molecule has 0 radical (unpaired) electrons. The first kappa shape index (κ1) is 16.7. The fraction of sp³-hybridized carbons (Fsp3) is 0.389. The standard InChI is InChI=1S/C18H21FN2O3/c19-14-6-1-2-7-15(14)20-18(23)12-21-9-3-5-13(21)11-16(22)17-8-4-10-24-17/h1-2,4,6-8,10,13,16,22H,3,5,9,11-12H2,(H,20,23). The molecule has 0 bridgehead atoms. The fourth-order valence-corrected chi connectivity index (χ4v) is 3.16. The van der Waals surface area contributed by atoms with Crippen LogP contribution in [0.15, 0.2) is 47.1 Å². The summed E-state index contributed by atoms with van der Waals surface area (Å²) < 4.78 is 18.8.